The number of rotatable bonds is 6. The van der Waals surface area contributed by atoms with Gasteiger partial charge in [-0.2, -0.15) is 0 Å². The molecule has 2 aromatic carbocycles. The zero-order chi connectivity index (χ0) is 16.8. The SMILES string of the molecule is Cl.O=C(CCC1CCNC1)Nc1ccccc1Oc1cccc(F)c1. The molecule has 1 saturated heterocycles. The topological polar surface area (TPSA) is 50.4 Å². The first-order valence-electron chi connectivity index (χ1n) is 8.24. The minimum Gasteiger partial charge on any atom is -0.455 e. The van der Waals surface area contributed by atoms with Gasteiger partial charge in [-0.1, -0.05) is 18.2 Å². The van der Waals surface area contributed by atoms with Crippen LogP contribution in [0.4, 0.5) is 10.1 Å². The molecule has 0 aromatic heterocycles. The normalized spacial score (nSPS) is 16.1. The second kappa shape index (κ2) is 9.39. The van der Waals surface area contributed by atoms with Gasteiger partial charge < -0.3 is 15.4 Å². The van der Waals surface area contributed by atoms with Crippen molar-refractivity contribution in [3.8, 4) is 11.5 Å². The summed E-state index contributed by atoms with van der Waals surface area (Å²) in [6, 6.07) is 13.1. The highest BCUT2D eigenvalue weighted by Gasteiger charge is 2.16. The number of anilines is 1. The van der Waals surface area contributed by atoms with E-state index in [2.05, 4.69) is 10.6 Å². The summed E-state index contributed by atoms with van der Waals surface area (Å²) in [6.07, 6.45) is 2.50. The summed E-state index contributed by atoms with van der Waals surface area (Å²) >= 11 is 0. The summed E-state index contributed by atoms with van der Waals surface area (Å²) in [7, 11) is 0. The number of carbonyl (C=O) groups excluding carboxylic acids is 1. The zero-order valence-electron chi connectivity index (χ0n) is 13.8. The molecule has 0 aliphatic carbocycles. The van der Waals surface area contributed by atoms with Crippen LogP contribution in [0.25, 0.3) is 0 Å². The van der Waals surface area contributed by atoms with Crippen molar-refractivity contribution in [2.24, 2.45) is 5.92 Å². The number of hydrogen-bond donors (Lipinski definition) is 2. The Morgan fingerprint density at radius 1 is 1.24 bits per heavy atom. The van der Waals surface area contributed by atoms with Crippen molar-refractivity contribution in [1.29, 1.82) is 0 Å². The molecular formula is C19H22ClFN2O2. The van der Waals surface area contributed by atoms with E-state index in [1.807, 2.05) is 12.1 Å². The van der Waals surface area contributed by atoms with E-state index in [4.69, 9.17) is 4.74 Å². The Balaban J connectivity index is 0.00000225. The number of amides is 1. The second-order valence-electron chi connectivity index (χ2n) is 6.00. The molecule has 1 atom stereocenters. The summed E-state index contributed by atoms with van der Waals surface area (Å²) in [6.45, 7) is 2.03. The first-order chi connectivity index (χ1) is 11.7. The zero-order valence-corrected chi connectivity index (χ0v) is 14.7. The van der Waals surface area contributed by atoms with E-state index >= 15 is 0 Å². The lowest BCUT2D eigenvalue weighted by Gasteiger charge is -2.13. The molecule has 0 spiro atoms. The molecule has 0 saturated carbocycles. The fourth-order valence-corrected chi connectivity index (χ4v) is 2.83. The average molecular weight is 365 g/mol. The second-order valence-corrected chi connectivity index (χ2v) is 6.00. The molecule has 2 N–H and O–H groups in total. The Labute approximate surface area is 153 Å². The fourth-order valence-electron chi connectivity index (χ4n) is 2.83. The first-order valence-corrected chi connectivity index (χ1v) is 8.24. The molecular weight excluding hydrogens is 343 g/mol. The highest BCUT2D eigenvalue weighted by atomic mass is 35.5. The van der Waals surface area contributed by atoms with Crippen molar-refractivity contribution in [3.05, 3.63) is 54.3 Å². The maximum absolute atomic E-state index is 13.3. The minimum absolute atomic E-state index is 0. The van der Waals surface area contributed by atoms with Gasteiger partial charge in [0.2, 0.25) is 5.91 Å². The van der Waals surface area contributed by atoms with Crippen LogP contribution in [0, 0.1) is 11.7 Å². The lowest BCUT2D eigenvalue weighted by molar-refractivity contribution is -0.116. The van der Waals surface area contributed by atoms with Crippen LogP contribution in [-0.2, 0) is 4.79 Å². The smallest absolute Gasteiger partial charge is 0.224 e. The molecule has 25 heavy (non-hydrogen) atoms. The van der Waals surface area contributed by atoms with Crippen molar-refractivity contribution >= 4 is 24.0 Å². The molecule has 0 bridgehead atoms. The van der Waals surface area contributed by atoms with Crippen molar-refractivity contribution in [2.45, 2.75) is 19.3 Å². The minimum atomic E-state index is -0.362. The van der Waals surface area contributed by atoms with Gasteiger partial charge in [-0.15, -0.1) is 12.4 Å². The summed E-state index contributed by atoms with van der Waals surface area (Å²) in [4.78, 5) is 12.2. The largest absolute Gasteiger partial charge is 0.455 e. The lowest BCUT2D eigenvalue weighted by atomic mass is 10.0. The Kier molecular flexibility index (Phi) is 7.22. The monoisotopic (exact) mass is 364 g/mol. The molecule has 134 valence electrons. The average Bonchev–Trinajstić information content (AvgIpc) is 3.08. The lowest BCUT2D eigenvalue weighted by Crippen LogP contribution is -2.15. The van der Waals surface area contributed by atoms with E-state index in [9.17, 15) is 9.18 Å². The van der Waals surface area contributed by atoms with E-state index in [-0.39, 0.29) is 24.1 Å². The number of ether oxygens (including phenoxy) is 1. The van der Waals surface area contributed by atoms with E-state index in [0.29, 0.717) is 29.5 Å². The van der Waals surface area contributed by atoms with Crippen LogP contribution in [0.1, 0.15) is 19.3 Å². The molecule has 1 amide bonds. The van der Waals surface area contributed by atoms with Gasteiger partial charge in [0.05, 0.1) is 5.69 Å². The van der Waals surface area contributed by atoms with Gasteiger partial charge in [-0.25, -0.2) is 4.39 Å². The van der Waals surface area contributed by atoms with Crippen LogP contribution in [-0.4, -0.2) is 19.0 Å². The molecule has 0 radical (unpaired) electrons. The molecule has 1 aliphatic rings. The number of benzene rings is 2. The summed E-state index contributed by atoms with van der Waals surface area (Å²) in [5.41, 5.74) is 0.594. The van der Waals surface area contributed by atoms with Crippen LogP contribution in [0.2, 0.25) is 0 Å². The van der Waals surface area contributed by atoms with E-state index in [1.54, 1.807) is 24.3 Å². The maximum Gasteiger partial charge on any atom is 0.224 e. The Morgan fingerprint density at radius 3 is 2.84 bits per heavy atom. The molecule has 6 heteroatoms. The van der Waals surface area contributed by atoms with Crippen molar-refractivity contribution in [3.63, 3.8) is 0 Å². The fraction of sp³-hybridized carbons (Fsp3) is 0.316. The third-order valence-corrected chi connectivity index (χ3v) is 4.13. The number of para-hydroxylation sites is 2. The van der Waals surface area contributed by atoms with Crippen LogP contribution in [0.15, 0.2) is 48.5 Å². The van der Waals surface area contributed by atoms with Gasteiger partial charge in [-0.05, 0) is 56.1 Å². The predicted molar refractivity (Wildman–Crippen MR) is 99.0 cm³/mol. The number of hydrogen-bond acceptors (Lipinski definition) is 3. The molecule has 1 unspecified atom stereocenters. The van der Waals surface area contributed by atoms with E-state index in [0.717, 1.165) is 25.9 Å². The third-order valence-electron chi connectivity index (χ3n) is 4.13. The van der Waals surface area contributed by atoms with Gasteiger partial charge >= 0.3 is 0 Å². The standard InChI is InChI=1S/C19H21FN2O2.ClH/c20-15-4-3-5-16(12-15)24-18-7-2-1-6-17(18)22-19(23)9-8-14-10-11-21-13-14;/h1-7,12,14,21H,8-11,13H2,(H,22,23);1H. The van der Waals surface area contributed by atoms with Crippen LogP contribution in [0.3, 0.4) is 0 Å². The van der Waals surface area contributed by atoms with Crippen molar-refractivity contribution in [2.75, 3.05) is 18.4 Å². The Morgan fingerprint density at radius 2 is 2.08 bits per heavy atom. The van der Waals surface area contributed by atoms with Crippen LogP contribution < -0.4 is 15.4 Å². The number of carbonyl (C=O) groups is 1. The number of halogens is 2. The molecule has 3 rings (SSSR count). The summed E-state index contributed by atoms with van der Waals surface area (Å²) in [5.74, 6) is 1.08. The van der Waals surface area contributed by atoms with E-state index in [1.165, 1.54) is 12.1 Å². The number of nitrogens with one attached hydrogen (secondary N) is 2. The summed E-state index contributed by atoms with van der Waals surface area (Å²) in [5, 5.41) is 6.20. The first kappa shape index (κ1) is 19.2. The van der Waals surface area contributed by atoms with Gasteiger partial charge in [0.1, 0.15) is 11.6 Å². The van der Waals surface area contributed by atoms with Gasteiger partial charge in [0.15, 0.2) is 5.75 Å². The summed E-state index contributed by atoms with van der Waals surface area (Å²) < 4.78 is 19.0. The highest BCUT2D eigenvalue weighted by molar-refractivity contribution is 5.92. The Hall–Kier alpha value is -2.11. The molecule has 1 heterocycles. The Bertz CT molecular complexity index is 705. The molecule has 1 fully saturated rings. The van der Waals surface area contributed by atoms with Gasteiger partial charge in [-0.3, -0.25) is 4.79 Å². The molecule has 2 aromatic rings. The highest BCUT2D eigenvalue weighted by Crippen LogP contribution is 2.29. The van der Waals surface area contributed by atoms with E-state index < -0.39 is 0 Å². The van der Waals surface area contributed by atoms with Gasteiger partial charge in [0, 0.05) is 12.5 Å². The van der Waals surface area contributed by atoms with Crippen LogP contribution >= 0.6 is 12.4 Å². The third kappa shape index (κ3) is 5.73. The predicted octanol–water partition coefficient (Wildman–Crippen LogP) is 4.37. The molecule has 4 nitrogen and oxygen atoms in total. The van der Waals surface area contributed by atoms with Crippen LogP contribution in [0.5, 0.6) is 11.5 Å². The molecule has 1 aliphatic heterocycles. The quantitative estimate of drug-likeness (QED) is 0.800. The maximum atomic E-state index is 13.3. The van der Waals surface area contributed by atoms with Gasteiger partial charge in [0.25, 0.3) is 0 Å². The van der Waals surface area contributed by atoms with Crippen molar-refractivity contribution in [1.82, 2.24) is 5.32 Å². The van der Waals surface area contributed by atoms with Crippen molar-refractivity contribution < 1.29 is 13.9 Å².